The Morgan fingerprint density at radius 2 is 1.90 bits per heavy atom. The first-order chi connectivity index (χ1) is 14.0. The first kappa shape index (κ1) is 26.6. The van der Waals surface area contributed by atoms with E-state index in [-0.39, 0.29) is 13.8 Å². The number of nitrogens with two attached hydrogens (primary N) is 1. The molecule has 0 radical (unpaired) electrons. The molecule has 0 saturated heterocycles. The van der Waals surface area contributed by atoms with Gasteiger partial charge in [-0.3, -0.25) is 13.9 Å². The maximum atomic E-state index is 13.0. The van der Waals surface area contributed by atoms with Crippen molar-refractivity contribution in [3.63, 3.8) is 0 Å². The van der Waals surface area contributed by atoms with Crippen LogP contribution in [0.15, 0.2) is 24.3 Å². The monoisotopic (exact) mass is 446 g/mol. The molecule has 9 heteroatoms. The zero-order chi connectivity index (χ0) is 22.9. The molecule has 174 valence electrons. The SMILES string of the molecule is C=C/C=C(\C)CCC(=O)NC(C(C)C)P(=O)(O)OC(C(=O)O)C1CCC(CN)CC1.[HH]. The van der Waals surface area contributed by atoms with Crippen LogP contribution < -0.4 is 11.1 Å². The van der Waals surface area contributed by atoms with Crippen molar-refractivity contribution in [3.8, 4) is 0 Å². The maximum absolute atomic E-state index is 13.0. The molecule has 0 aromatic carbocycles. The Morgan fingerprint density at radius 3 is 2.37 bits per heavy atom. The summed E-state index contributed by atoms with van der Waals surface area (Å²) in [5.74, 6) is -3.27. The summed E-state index contributed by atoms with van der Waals surface area (Å²) in [7, 11) is -4.44. The molecule has 1 amide bonds. The van der Waals surface area contributed by atoms with E-state index in [1.165, 1.54) is 0 Å². The summed E-state index contributed by atoms with van der Waals surface area (Å²) in [5.41, 5.74) is 6.65. The predicted octanol–water partition coefficient (Wildman–Crippen LogP) is 3.66. The van der Waals surface area contributed by atoms with E-state index in [9.17, 15) is 24.2 Å². The Balaban J connectivity index is 0.00000900. The second-order valence-corrected chi connectivity index (χ2v) is 10.3. The quantitative estimate of drug-likeness (QED) is 0.265. The molecule has 0 bridgehead atoms. The van der Waals surface area contributed by atoms with Gasteiger partial charge in [0, 0.05) is 7.85 Å². The van der Waals surface area contributed by atoms with E-state index in [4.69, 9.17) is 10.3 Å². The summed E-state index contributed by atoms with van der Waals surface area (Å²) >= 11 is 0. The number of carbonyl (C=O) groups excluding carboxylic acids is 1. The minimum absolute atomic E-state index is 0. The molecule has 1 saturated carbocycles. The lowest BCUT2D eigenvalue weighted by Crippen LogP contribution is -2.42. The van der Waals surface area contributed by atoms with Crippen molar-refractivity contribution in [2.45, 2.75) is 71.2 Å². The molecular weight excluding hydrogens is 407 g/mol. The molecule has 0 aromatic rings. The van der Waals surface area contributed by atoms with Crippen LogP contribution in [0.2, 0.25) is 0 Å². The van der Waals surface area contributed by atoms with E-state index in [1.54, 1.807) is 26.0 Å². The van der Waals surface area contributed by atoms with Gasteiger partial charge in [0.05, 0.1) is 0 Å². The van der Waals surface area contributed by atoms with Crippen LogP contribution in [0.1, 0.15) is 60.7 Å². The Hall–Kier alpha value is -1.47. The van der Waals surface area contributed by atoms with Crippen LogP contribution >= 0.6 is 7.60 Å². The highest BCUT2D eigenvalue weighted by molar-refractivity contribution is 7.53. The summed E-state index contributed by atoms with van der Waals surface area (Å²) in [4.78, 5) is 34.7. The van der Waals surface area contributed by atoms with Gasteiger partial charge in [0.1, 0.15) is 5.78 Å². The lowest BCUT2D eigenvalue weighted by Gasteiger charge is -2.34. The molecule has 0 spiro atoms. The maximum Gasteiger partial charge on any atom is 0.351 e. The molecule has 0 aromatic heterocycles. The second kappa shape index (κ2) is 12.4. The molecule has 1 fully saturated rings. The van der Waals surface area contributed by atoms with Crippen molar-refractivity contribution in [1.29, 1.82) is 0 Å². The fourth-order valence-electron chi connectivity index (χ4n) is 3.75. The van der Waals surface area contributed by atoms with Crippen LogP contribution in [0.3, 0.4) is 0 Å². The van der Waals surface area contributed by atoms with Gasteiger partial charge in [0.15, 0.2) is 6.10 Å². The molecule has 1 aliphatic carbocycles. The van der Waals surface area contributed by atoms with E-state index in [2.05, 4.69) is 11.9 Å². The highest BCUT2D eigenvalue weighted by Gasteiger charge is 2.43. The van der Waals surface area contributed by atoms with Crippen LogP contribution in [0.25, 0.3) is 0 Å². The molecule has 3 unspecified atom stereocenters. The first-order valence-electron chi connectivity index (χ1n) is 10.5. The topological polar surface area (TPSA) is 139 Å². The Morgan fingerprint density at radius 1 is 1.30 bits per heavy atom. The van der Waals surface area contributed by atoms with Crippen LogP contribution in [-0.4, -0.2) is 40.3 Å². The molecule has 1 rings (SSSR count). The summed E-state index contributed by atoms with van der Waals surface area (Å²) in [6.07, 6.45) is 5.36. The second-order valence-electron chi connectivity index (χ2n) is 8.45. The average molecular weight is 447 g/mol. The van der Waals surface area contributed by atoms with Gasteiger partial charge in [-0.1, -0.05) is 38.2 Å². The van der Waals surface area contributed by atoms with Crippen molar-refractivity contribution >= 4 is 19.5 Å². The van der Waals surface area contributed by atoms with Crippen molar-refractivity contribution in [3.05, 3.63) is 24.3 Å². The Labute approximate surface area is 181 Å². The summed E-state index contributed by atoms with van der Waals surface area (Å²) in [6, 6.07) is 0. The van der Waals surface area contributed by atoms with Crippen molar-refractivity contribution < 1.29 is 30.1 Å². The first-order valence-corrected chi connectivity index (χ1v) is 12.2. The Kier molecular flexibility index (Phi) is 11.0. The van der Waals surface area contributed by atoms with Crippen molar-refractivity contribution in [2.75, 3.05) is 6.54 Å². The van der Waals surface area contributed by atoms with Crippen LogP contribution in [0, 0.1) is 17.8 Å². The van der Waals surface area contributed by atoms with Crippen LogP contribution in [-0.2, 0) is 18.7 Å². The van der Waals surface area contributed by atoms with E-state index in [0.717, 1.165) is 18.4 Å². The lowest BCUT2D eigenvalue weighted by atomic mass is 9.79. The molecular formula is C21H39N2O6P. The average Bonchev–Trinajstić information content (AvgIpc) is 2.68. The highest BCUT2D eigenvalue weighted by Crippen LogP contribution is 2.52. The fourth-order valence-corrected chi connectivity index (χ4v) is 5.52. The normalized spacial score (nSPS) is 24.0. The van der Waals surface area contributed by atoms with Crippen LogP contribution in [0.5, 0.6) is 0 Å². The van der Waals surface area contributed by atoms with Gasteiger partial charge in [-0.2, -0.15) is 0 Å². The number of carboxylic acids is 1. The smallest absolute Gasteiger partial charge is 0.351 e. The largest absolute Gasteiger partial charge is 0.479 e. The van der Waals surface area contributed by atoms with E-state index >= 15 is 0 Å². The van der Waals surface area contributed by atoms with Crippen molar-refractivity contribution in [1.82, 2.24) is 5.32 Å². The minimum Gasteiger partial charge on any atom is -0.479 e. The third kappa shape index (κ3) is 8.34. The van der Waals surface area contributed by atoms with Gasteiger partial charge in [0.25, 0.3) is 0 Å². The van der Waals surface area contributed by atoms with E-state index in [0.29, 0.717) is 31.7 Å². The zero-order valence-electron chi connectivity index (χ0n) is 18.3. The Bertz CT molecular complexity index is 677. The molecule has 8 nitrogen and oxygen atoms in total. The number of hydrogen-bond acceptors (Lipinski definition) is 5. The molecule has 0 aliphatic heterocycles. The zero-order valence-corrected chi connectivity index (χ0v) is 19.1. The highest BCUT2D eigenvalue weighted by atomic mass is 31.2. The summed E-state index contributed by atoms with van der Waals surface area (Å²) in [5, 5.41) is 12.2. The van der Waals surface area contributed by atoms with Gasteiger partial charge < -0.3 is 21.1 Å². The number of hydrogen-bond donors (Lipinski definition) is 4. The summed E-state index contributed by atoms with van der Waals surface area (Å²) in [6.45, 7) is 9.38. The number of amides is 1. The van der Waals surface area contributed by atoms with Gasteiger partial charge in [-0.15, -0.1) is 0 Å². The van der Waals surface area contributed by atoms with Gasteiger partial charge in [-0.25, -0.2) is 4.79 Å². The van der Waals surface area contributed by atoms with Gasteiger partial charge in [0.2, 0.25) is 5.91 Å². The van der Waals surface area contributed by atoms with E-state index in [1.807, 2.05) is 6.92 Å². The molecule has 30 heavy (non-hydrogen) atoms. The third-order valence-corrected chi connectivity index (χ3v) is 7.56. The number of nitrogens with one attached hydrogen (secondary N) is 1. The molecule has 0 heterocycles. The number of carbonyl (C=O) groups is 2. The van der Waals surface area contributed by atoms with Gasteiger partial charge in [-0.05, 0) is 63.3 Å². The minimum atomic E-state index is -4.44. The van der Waals surface area contributed by atoms with Gasteiger partial charge >= 0.3 is 13.6 Å². The fraction of sp³-hybridized carbons (Fsp3) is 0.714. The van der Waals surface area contributed by atoms with E-state index < -0.39 is 37.3 Å². The predicted molar refractivity (Wildman–Crippen MR) is 119 cm³/mol. The number of allylic oxidation sites excluding steroid dienone is 3. The third-order valence-electron chi connectivity index (χ3n) is 5.60. The number of carboxylic acid groups (broad SMARTS) is 1. The lowest BCUT2D eigenvalue weighted by molar-refractivity contribution is -0.149. The standard InChI is InChI=1S/C21H37N2O6P.H2/c1-5-6-15(4)7-12-18(24)23-20(14(2)3)30(27,28)29-19(21(25)26)17-10-8-16(13-22)9-11-17;/h5-6,14,16-17,19-20H,1,7-13,22H2,2-4H3,(H,23,24)(H,25,26)(H,27,28);1H/b15-6+;. The number of aliphatic carboxylic acids is 1. The van der Waals surface area contributed by atoms with Crippen LogP contribution in [0.4, 0.5) is 0 Å². The molecule has 1 aliphatic rings. The molecule has 5 N–H and O–H groups in total. The van der Waals surface area contributed by atoms with Crippen molar-refractivity contribution in [2.24, 2.45) is 23.5 Å². The summed E-state index contributed by atoms with van der Waals surface area (Å²) < 4.78 is 18.4. The molecule has 3 atom stereocenters. The number of rotatable bonds is 12.